The van der Waals surface area contributed by atoms with Crippen LogP contribution < -0.4 is 9.47 Å². The van der Waals surface area contributed by atoms with Crippen molar-refractivity contribution in [2.45, 2.75) is 39.5 Å². The molecular weight excluding hydrogens is 340 g/mol. The zero-order valence-electron chi connectivity index (χ0n) is 16.0. The van der Waals surface area contributed by atoms with E-state index in [1.165, 1.54) is 0 Å². The van der Waals surface area contributed by atoms with E-state index in [-0.39, 0.29) is 0 Å². The molecule has 5 nitrogen and oxygen atoms in total. The minimum atomic E-state index is 0.494. The van der Waals surface area contributed by atoms with Gasteiger partial charge in [0.05, 0.1) is 13.2 Å². The molecule has 0 aliphatic heterocycles. The largest absolute Gasteiger partial charge is 0.494 e. The van der Waals surface area contributed by atoms with Gasteiger partial charge in [0.15, 0.2) is 0 Å². The van der Waals surface area contributed by atoms with Crippen LogP contribution in [0, 0.1) is 0 Å². The number of benzene rings is 2. The van der Waals surface area contributed by atoms with Crippen LogP contribution in [-0.4, -0.2) is 23.4 Å². The Morgan fingerprint density at radius 1 is 0.741 bits per heavy atom. The fourth-order valence-corrected chi connectivity index (χ4v) is 2.52. The van der Waals surface area contributed by atoms with Crippen molar-refractivity contribution in [2.24, 2.45) is 0 Å². The maximum atomic E-state index is 5.68. The van der Waals surface area contributed by atoms with E-state index in [0.717, 1.165) is 61.5 Å². The Labute approximate surface area is 160 Å². The van der Waals surface area contributed by atoms with Gasteiger partial charge in [-0.1, -0.05) is 31.8 Å². The summed E-state index contributed by atoms with van der Waals surface area (Å²) in [7, 11) is 0. The number of nitrogens with zero attached hydrogens (tertiary/aromatic N) is 2. The van der Waals surface area contributed by atoms with E-state index in [1.54, 1.807) is 0 Å². The van der Waals surface area contributed by atoms with Crippen LogP contribution in [-0.2, 0) is 0 Å². The standard InChI is InChI=1S/C22H26N2O3/c1-3-5-15-25-19-11-7-17(8-12-19)21-23-22(27-24-21)18-9-13-20(14-10-18)26-16-6-4-2/h7-14H,3-6,15-16H2,1-2H3. The van der Waals surface area contributed by atoms with Crippen molar-refractivity contribution in [3.63, 3.8) is 0 Å². The van der Waals surface area contributed by atoms with E-state index >= 15 is 0 Å². The Morgan fingerprint density at radius 3 is 1.78 bits per heavy atom. The average Bonchev–Trinajstić information content (AvgIpc) is 3.20. The molecule has 0 aliphatic carbocycles. The second-order valence-corrected chi connectivity index (χ2v) is 6.38. The van der Waals surface area contributed by atoms with E-state index in [4.69, 9.17) is 14.0 Å². The van der Waals surface area contributed by atoms with Gasteiger partial charge < -0.3 is 14.0 Å². The van der Waals surface area contributed by atoms with Gasteiger partial charge in [0.2, 0.25) is 5.82 Å². The number of hydrogen-bond acceptors (Lipinski definition) is 5. The summed E-state index contributed by atoms with van der Waals surface area (Å²) in [5.41, 5.74) is 1.77. The van der Waals surface area contributed by atoms with Crippen molar-refractivity contribution in [3.8, 4) is 34.3 Å². The first-order chi connectivity index (χ1) is 13.3. The van der Waals surface area contributed by atoms with Crippen molar-refractivity contribution in [3.05, 3.63) is 48.5 Å². The molecule has 5 heteroatoms. The van der Waals surface area contributed by atoms with Crippen LogP contribution in [0.2, 0.25) is 0 Å². The lowest BCUT2D eigenvalue weighted by Crippen LogP contribution is -1.96. The van der Waals surface area contributed by atoms with Gasteiger partial charge in [-0.05, 0) is 61.4 Å². The first-order valence-electron chi connectivity index (χ1n) is 9.60. The van der Waals surface area contributed by atoms with E-state index in [2.05, 4.69) is 24.0 Å². The summed E-state index contributed by atoms with van der Waals surface area (Å²) in [5.74, 6) is 2.77. The number of unbranched alkanes of at least 4 members (excludes halogenated alkanes) is 2. The second kappa shape index (κ2) is 9.76. The van der Waals surface area contributed by atoms with Crippen molar-refractivity contribution < 1.29 is 14.0 Å². The van der Waals surface area contributed by atoms with Crippen LogP contribution in [0.3, 0.4) is 0 Å². The molecule has 0 unspecified atom stereocenters. The molecule has 0 spiro atoms. The highest BCUT2D eigenvalue weighted by Crippen LogP contribution is 2.25. The molecule has 0 saturated carbocycles. The molecule has 2 aromatic carbocycles. The van der Waals surface area contributed by atoms with Crippen LogP contribution in [0.25, 0.3) is 22.8 Å². The zero-order chi connectivity index (χ0) is 18.9. The Hall–Kier alpha value is -2.82. The van der Waals surface area contributed by atoms with E-state index in [9.17, 15) is 0 Å². The van der Waals surface area contributed by atoms with Crippen LogP contribution in [0.1, 0.15) is 39.5 Å². The molecule has 142 valence electrons. The van der Waals surface area contributed by atoms with Crippen molar-refractivity contribution in [1.82, 2.24) is 10.1 Å². The zero-order valence-corrected chi connectivity index (χ0v) is 16.0. The second-order valence-electron chi connectivity index (χ2n) is 6.38. The predicted molar refractivity (Wildman–Crippen MR) is 106 cm³/mol. The van der Waals surface area contributed by atoms with Crippen LogP contribution in [0.4, 0.5) is 0 Å². The molecule has 0 fully saturated rings. The van der Waals surface area contributed by atoms with Crippen molar-refractivity contribution >= 4 is 0 Å². The lowest BCUT2D eigenvalue weighted by atomic mass is 10.2. The number of aromatic nitrogens is 2. The van der Waals surface area contributed by atoms with Crippen molar-refractivity contribution in [2.75, 3.05) is 13.2 Å². The predicted octanol–water partition coefficient (Wildman–Crippen LogP) is 5.76. The Kier molecular flexibility index (Phi) is 6.85. The Bertz CT molecular complexity index is 742. The number of ether oxygens (including phenoxy) is 2. The van der Waals surface area contributed by atoms with Gasteiger partial charge in [0.25, 0.3) is 5.89 Å². The highest BCUT2D eigenvalue weighted by atomic mass is 16.5. The molecule has 0 N–H and O–H groups in total. The molecule has 3 aromatic rings. The molecule has 27 heavy (non-hydrogen) atoms. The third kappa shape index (κ3) is 5.33. The van der Waals surface area contributed by atoms with Crippen molar-refractivity contribution in [1.29, 1.82) is 0 Å². The quantitative estimate of drug-likeness (QED) is 0.427. The maximum Gasteiger partial charge on any atom is 0.258 e. The normalized spacial score (nSPS) is 10.7. The third-order valence-electron chi connectivity index (χ3n) is 4.17. The third-order valence-corrected chi connectivity index (χ3v) is 4.17. The molecule has 0 saturated heterocycles. The monoisotopic (exact) mass is 366 g/mol. The minimum Gasteiger partial charge on any atom is -0.494 e. The molecule has 3 rings (SSSR count). The van der Waals surface area contributed by atoms with Gasteiger partial charge in [0, 0.05) is 11.1 Å². The fourth-order valence-electron chi connectivity index (χ4n) is 2.52. The molecule has 0 bridgehead atoms. The number of rotatable bonds is 10. The highest BCUT2D eigenvalue weighted by Gasteiger charge is 2.11. The molecule has 0 radical (unpaired) electrons. The maximum absolute atomic E-state index is 5.68. The molecule has 1 heterocycles. The molecule has 1 aromatic heterocycles. The van der Waals surface area contributed by atoms with E-state index < -0.39 is 0 Å². The molecule has 0 amide bonds. The first-order valence-corrected chi connectivity index (χ1v) is 9.60. The Balaban J connectivity index is 1.64. The highest BCUT2D eigenvalue weighted by molar-refractivity contribution is 5.60. The van der Waals surface area contributed by atoms with E-state index in [1.807, 2.05) is 48.5 Å². The van der Waals surface area contributed by atoms with Gasteiger partial charge in [-0.3, -0.25) is 0 Å². The van der Waals surface area contributed by atoms with Gasteiger partial charge in [-0.25, -0.2) is 0 Å². The lowest BCUT2D eigenvalue weighted by molar-refractivity contribution is 0.309. The smallest absolute Gasteiger partial charge is 0.258 e. The summed E-state index contributed by atoms with van der Waals surface area (Å²) in [4.78, 5) is 4.50. The Morgan fingerprint density at radius 2 is 1.26 bits per heavy atom. The average molecular weight is 366 g/mol. The van der Waals surface area contributed by atoms with Crippen LogP contribution >= 0.6 is 0 Å². The topological polar surface area (TPSA) is 57.4 Å². The summed E-state index contributed by atoms with van der Waals surface area (Å²) in [5, 5.41) is 4.09. The first kappa shape index (κ1) is 19.0. The number of hydrogen-bond donors (Lipinski definition) is 0. The minimum absolute atomic E-state index is 0.494. The van der Waals surface area contributed by atoms with E-state index in [0.29, 0.717) is 11.7 Å². The fraction of sp³-hybridized carbons (Fsp3) is 0.364. The molecular formula is C22H26N2O3. The van der Waals surface area contributed by atoms with Crippen LogP contribution in [0.5, 0.6) is 11.5 Å². The lowest BCUT2D eigenvalue weighted by Gasteiger charge is -2.05. The summed E-state index contributed by atoms with van der Waals surface area (Å²) in [6.07, 6.45) is 4.35. The summed E-state index contributed by atoms with van der Waals surface area (Å²) in [6.45, 7) is 5.76. The molecule has 0 aliphatic rings. The van der Waals surface area contributed by atoms with Gasteiger partial charge >= 0.3 is 0 Å². The molecule has 0 atom stereocenters. The summed E-state index contributed by atoms with van der Waals surface area (Å²) in [6, 6.07) is 15.5. The summed E-state index contributed by atoms with van der Waals surface area (Å²) < 4.78 is 16.8. The van der Waals surface area contributed by atoms with Gasteiger partial charge in [-0.15, -0.1) is 0 Å². The SMILES string of the molecule is CCCCOc1ccc(-c2noc(-c3ccc(OCCCC)cc3)n2)cc1. The van der Waals surface area contributed by atoms with Crippen LogP contribution in [0.15, 0.2) is 53.1 Å². The van der Waals surface area contributed by atoms with Gasteiger partial charge in [0.1, 0.15) is 11.5 Å². The van der Waals surface area contributed by atoms with Gasteiger partial charge in [-0.2, -0.15) is 4.98 Å². The summed E-state index contributed by atoms with van der Waals surface area (Å²) >= 11 is 0.